The number of aromatic nitrogens is 3. The molecular weight excluding hydrogens is 356 g/mol. The van der Waals surface area contributed by atoms with Crippen molar-refractivity contribution < 1.29 is 0 Å². The van der Waals surface area contributed by atoms with Gasteiger partial charge in [0, 0.05) is 11.4 Å². The summed E-state index contributed by atoms with van der Waals surface area (Å²) in [6.45, 7) is 0. The topological polar surface area (TPSA) is 84.7 Å². The first-order valence-corrected chi connectivity index (χ1v) is 8.77. The number of nitrogen functional groups attached to an aromatic ring is 1. The van der Waals surface area contributed by atoms with Crippen molar-refractivity contribution in [3.8, 4) is 10.6 Å². The Morgan fingerprint density at radius 3 is 2.68 bits per heavy atom. The summed E-state index contributed by atoms with van der Waals surface area (Å²) in [7, 11) is 0. The lowest BCUT2D eigenvalue weighted by atomic mass is 10.1. The number of hydrogen-bond acceptors (Lipinski definition) is 5. The van der Waals surface area contributed by atoms with Gasteiger partial charge in [-0.1, -0.05) is 23.7 Å². The molecular formula is C18H13ClN4OS. The third-order valence-electron chi connectivity index (χ3n) is 3.76. The number of benzene rings is 1. The van der Waals surface area contributed by atoms with Gasteiger partial charge in [-0.25, -0.2) is 4.98 Å². The molecule has 5 nitrogen and oxygen atoms in total. The van der Waals surface area contributed by atoms with Gasteiger partial charge in [0.25, 0.3) is 5.56 Å². The molecule has 7 heteroatoms. The molecule has 0 saturated heterocycles. The summed E-state index contributed by atoms with van der Waals surface area (Å²) in [6.07, 6.45) is 2.14. The average Bonchev–Trinajstić information content (AvgIpc) is 3.02. The Hall–Kier alpha value is -2.70. The van der Waals surface area contributed by atoms with Crippen molar-refractivity contribution >= 4 is 38.8 Å². The minimum Gasteiger partial charge on any atom is -0.397 e. The van der Waals surface area contributed by atoms with Crippen LogP contribution >= 0.6 is 22.9 Å². The molecule has 3 heterocycles. The lowest BCUT2D eigenvalue weighted by molar-refractivity contribution is 0.976. The van der Waals surface area contributed by atoms with E-state index >= 15 is 0 Å². The van der Waals surface area contributed by atoms with Crippen molar-refractivity contribution in [2.75, 3.05) is 5.73 Å². The number of halogens is 1. The molecule has 0 atom stereocenters. The molecule has 25 heavy (non-hydrogen) atoms. The second-order valence-electron chi connectivity index (χ2n) is 5.62. The molecule has 0 bridgehead atoms. The quantitative estimate of drug-likeness (QED) is 0.574. The summed E-state index contributed by atoms with van der Waals surface area (Å²) < 4.78 is 0.591. The molecule has 0 aliphatic rings. The molecule has 3 N–H and O–H groups in total. The van der Waals surface area contributed by atoms with Crippen LogP contribution in [0.2, 0.25) is 5.02 Å². The van der Waals surface area contributed by atoms with Crippen LogP contribution in [-0.4, -0.2) is 15.0 Å². The molecule has 3 aromatic heterocycles. The van der Waals surface area contributed by atoms with Crippen molar-refractivity contribution in [1.29, 1.82) is 0 Å². The van der Waals surface area contributed by atoms with Crippen molar-refractivity contribution in [3.05, 3.63) is 75.4 Å². The normalized spacial score (nSPS) is 11.1. The monoisotopic (exact) mass is 368 g/mol. The van der Waals surface area contributed by atoms with Crippen LogP contribution in [-0.2, 0) is 6.42 Å². The van der Waals surface area contributed by atoms with Crippen LogP contribution in [0.5, 0.6) is 0 Å². The smallest absolute Gasteiger partial charge is 0.268 e. The van der Waals surface area contributed by atoms with Crippen molar-refractivity contribution in [3.63, 3.8) is 0 Å². The first-order chi connectivity index (χ1) is 12.1. The molecule has 1 aromatic carbocycles. The van der Waals surface area contributed by atoms with E-state index in [4.69, 9.17) is 17.3 Å². The molecule has 0 unspecified atom stereocenters. The number of thiophene rings is 1. The summed E-state index contributed by atoms with van der Waals surface area (Å²) >= 11 is 7.28. The number of aromatic amines is 1. The van der Waals surface area contributed by atoms with Crippen LogP contribution < -0.4 is 11.3 Å². The number of H-pyrrole nitrogens is 1. The Bertz CT molecular complexity index is 1100. The minimum absolute atomic E-state index is 0.138. The van der Waals surface area contributed by atoms with E-state index in [0.717, 1.165) is 16.1 Å². The second kappa shape index (κ2) is 6.31. The highest BCUT2D eigenvalue weighted by Crippen LogP contribution is 2.29. The largest absolute Gasteiger partial charge is 0.397 e. The third kappa shape index (κ3) is 3.26. The molecule has 0 amide bonds. The Balaban J connectivity index is 1.72. The number of anilines is 1. The SMILES string of the molecule is Nc1ccc(-c2cc3nc(Cc4ccc(Cl)cc4)[nH]c(=O)c3s2)nc1. The molecule has 0 radical (unpaired) electrons. The lowest BCUT2D eigenvalue weighted by Crippen LogP contribution is -2.10. The van der Waals surface area contributed by atoms with Gasteiger partial charge in [0.15, 0.2) is 0 Å². The fourth-order valence-electron chi connectivity index (χ4n) is 2.54. The highest BCUT2D eigenvalue weighted by atomic mass is 35.5. The zero-order valence-electron chi connectivity index (χ0n) is 13.0. The van der Waals surface area contributed by atoms with E-state index in [1.54, 1.807) is 12.3 Å². The number of hydrogen-bond donors (Lipinski definition) is 2. The summed E-state index contributed by atoms with van der Waals surface area (Å²) in [4.78, 5) is 25.0. The standard InChI is InChI=1S/C18H13ClN4OS/c19-11-3-1-10(2-4-11)7-16-22-14-8-15(25-17(14)18(24)23-16)13-6-5-12(20)9-21-13/h1-6,8-9H,7,20H2,(H,22,23,24). The lowest BCUT2D eigenvalue weighted by Gasteiger charge is -2.01. The van der Waals surface area contributed by atoms with Gasteiger partial charge in [0.2, 0.25) is 0 Å². The highest BCUT2D eigenvalue weighted by Gasteiger charge is 2.11. The van der Waals surface area contributed by atoms with Crippen molar-refractivity contribution in [1.82, 2.24) is 15.0 Å². The third-order valence-corrected chi connectivity index (χ3v) is 5.15. The number of fused-ring (bicyclic) bond motifs is 1. The highest BCUT2D eigenvalue weighted by molar-refractivity contribution is 7.22. The maximum Gasteiger partial charge on any atom is 0.268 e. The molecule has 0 saturated carbocycles. The van der Waals surface area contributed by atoms with E-state index in [-0.39, 0.29) is 5.56 Å². The van der Waals surface area contributed by atoms with Gasteiger partial charge >= 0.3 is 0 Å². The van der Waals surface area contributed by atoms with Crippen LogP contribution in [0.1, 0.15) is 11.4 Å². The summed E-state index contributed by atoms with van der Waals surface area (Å²) in [5.41, 5.74) is 8.61. The summed E-state index contributed by atoms with van der Waals surface area (Å²) in [6, 6.07) is 13.0. The zero-order valence-corrected chi connectivity index (χ0v) is 14.6. The van der Waals surface area contributed by atoms with E-state index in [1.165, 1.54) is 11.3 Å². The van der Waals surface area contributed by atoms with E-state index in [1.807, 2.05) is 36.4 Å². The van der Waals surface area contributed by atoms with Crippen LogP contribution in [0.25, 0.3) is 20.8 Å². The van der Waals surface area contributed by atoms with Gasteiger partial charge in [-0.15, -0.1) is 11.3 Å². The van der Waals surface area contributed by atoms with Crippen LogP contribution in [0.15, 0.2) is 53.5 Å². The van der Waals surface area contributed by atoms with E-state index in [2.05, 4.69) is 15.0 Å². The molecule has 0 spiro atoms. The first-order valence-electron chi connectivity index (χ1n) is 7.57. The van der Waals surface area contributed by atoms with E-state index < -0.39 is 0 Å². The van der Waals surface area contributed by atoms with Gasteiger partial charge in [0.1, 0.15) is 10.5 Å². The number of rotatable bonds is 3. The van der Waals surface area contributed by atoms with Crippen molar-refractivity contribution in [2.45, 2.75) is 6.42 Å². The van der Waals surface area contributed by atoms with Crippen LogP contribution in [0.4, 0.5) is 5.69 Å². The molecule has 0 aliphatic heterocycles. The maximum absolute atomic E-state index is 12.4. The van der Waals surface area contributed by atoms with Gasteiger partial charge in [0.05, 0.1) is 28.0 Å². The Morgan fingerprint density at radius 2 is 1.96 bits per heavy atom. The Labute approximate surface area is 152 Å². The first kappa shape index (κ1) is 15.8. The predicted octanol–water partition coefficient (Wildman–Crippen LogP) is 3.87. The number of nitrogens with two attached hydrogens (primary N) is 1. The van der Waals surface area contributed by atoms with Crippen LogP contribution in [0.3, 0.4) is 0 Å². The number of pyridine rings is 1. The van der Waals surface area contributed by atoms with Gasteiger partial charge in [-0.2, -0.15) is 0 Å². The van der Waals surface area contributed by atoms with Gasteiger partial charge < -0.3 is 10.7 Å². The Morgan fingerprint density at radius 1 is 1.16 bits per heavy atom. The van der Waals surface area contributed by atoms with E-state index in [9.17, 15) is 4.79 Å². The van der Waals surface area contributed by atoms with Gasteiger partial charge in [-0.05, 0) is 35.9 Å². The minimum atomic E-state index is -0.138. The molecule has 4 rings (SSSR count). The van der Waals surface area contributed by atoms with Crippen LogP contribution in [0, 0.1) is 0 Å². The summed E-state index contributed by atoms with van der Waals surface area (Å²) in [5, 5.41) is 0.680. The molecule has 124 valence electrons. The predicted molar refractivity (Wildman–Crippen MR) is 102 cm³/mol. The molecule has 4 aromatic rings. The zero-order chi connectivity index (χ0) is 17.4. The van der Waals surface area contributed by atoms with Gasteiger partial charge in [-0.3, -0.25) is 9.78 Å². The fourth-order valence-corrected chi connectivity index (χ4v) is 3.64. The fraction of sp³-hybridized carbons (Fsp3) is 0.0556. The Kier molecular flexibility index (Phi) is 3.99. The number of nitrogens with one attached hydrogen (secondary N) is 1. The average molecular weight is 369 g/mol. The number of nitrogens with zero attached hydrogens (tertiary/aromatic N) is 2. The summed E-state index contributed by atoms with van der Waals surface area (Å²) in [5.74, 6) is 0.620. The second-order valence-corrected chi connectivity index (χ2v) is 7.11. The van der Waals surface area contributed by atoms with Crippen molar-refractivity contribution in [2.24, 2.45) is 0 Å². The maximum atomic E-state index is 12.4. The molecule has 0 aliphatic carbocycles. The molecule has 0 fully saturated rings. The van der Waals surface area contributed by atoms with E-state index in [0.29, 0.717) is 33.2 Å².